The minimum Gasteiger partial charge on any atom is -0.314 e. The van der Waals surface area contributed by atoms with E-state index >= 15 is 0 Å². The van der Waals surface area contributed by atoms with Crippen LogP contribution in [0, 0.1) is 0 Å². The van der Waals surface area contributed by atoms with Crippen molar-refractivity contribution in [2.75, 3.05) is 6.54 Å². The monoisotopic (exact) mass is 293 g/mol. The predicted molar refractivity (Wildman–Crippen MR) is 87.4 cm³/mol. The highest BCUT2D eigenvalue weighted by Crippen LogP contribution is 2.15. The SMILES string of the molecule is CCCNC(CCCc1cccs1)Cc1ccsc1. The third-order valence-corrected chi connectivity index (χ3v) is 4.97. The average Bonchev–Trinajstić information content (AvgIpc) is 3.08. The van der Waals surface area contributed by atoms with Gasteiger partial charge in [0.2, 0.25) is 0 Å². The van der Waals surface area contributed by atoms with Crippen molar-refractivity contribution in [2.24, 2.45) is 0 Å². The Morgan fingerprint density at radius 1 is 1.26 bits per heavy atom. The van der Waals surface area contributed by atoms with Gasteiger partial charge in [0.1, 0.15) is 0 Å². The van der Waals surface area contributed by atoms with Gasteiger partial charge in [-0.05, 0) is 72.5 Å². The highest BCUT2D eigenvalue weighted by atomic mass is 32.1. The van der Waals surface area contributed by atoms with Gasteiger partial charge in [0, 0.05) is 10.9 Å². The van der Waals surface area contributed by atoms with E-state index in [1.807, 2.05) is 11.3 Å². The molecule has 0 saturated heterocycles. The Bertz CT molecular complexity index is 420. The Labute approximate surface area is 124 Å². The lowest BCUT2D eigenvalue weighted by Gasteiger charge is -2.17. The second-order valence-corrected chi connectivity index (χ2v) is 6.77. The van der Waals surface area contributed by atoms with Gasteiger partial charge in [-0.15, -0.1) is 11.3 Å². The van der Waals surface area contributed by atoms with Crippen molar-refractivity contribution < 1.29 is 0 Å². The van der Waals surface area contributed by atoms with E-state index in [1.165, 1.54) is 42.5 Å². The second kappa shape index (κ2) is 8.51. The van der Waals surface area contributed by atoms with Crippen molar-refractivity contribution >= 4 is 22.7 Å². The Hall–Kier alpha value is -0.640. The van der Waals surface area contributed by atoms with Crippen molar-refractivity contribution in [3.8, 4) is 0 Å². The standard InChI is InChI=1S/C16H23NS2/c1-2-9-17-15(12-14-8-11-18-13-14)5-3-6-16-7-4-10-19-16/h4,7-8,10-11,13,15,17H,2-3,5-6,9,12H2,1H3. The van der Waals surface area contributed by atoms with E-state index in [0.717, 1.165) is 6.54 Å². The molecule has 2 rings (SSSR count). The molecule has 104 valence electrons. The Balaban J connectivity index is 1.76. The molecule has 0 aliphatic carbocycles. The summed E-state index contributed by atoms with van der Waals surface area (Å²) >= 11 is 3.68. The topological polar surface area (TPSA) is 12.0 Å². The van der Waals surface area contributed by atoms with E-state index < -0.39 is 0 Å². The molecule has 0 aromatic carbocycles. The number of nitrogens with one attached hydrogen (secondary N) is 1. The number of hydrogen-bond acceptors (Lipinski definition) is 3. The lowest BCUT2D eigenvalue weighted by molar-refractivity contribution is 0.465. The summed E-state index contributed by atoms with van der Waals surface area (Å²) in [4.78, 5) is 1.52. The van der Waals surface area contributed by atoms with Crippen LogP contribution in [0.2, 0.25) is 0 Å². The summed E-state index contributed by atoms with van der Waals surface area (Å²) in [5.74, 6) is 0. The average molecular weight is 294 g/mol. The quantitative estimate of drug-likeness (QED) is 0.704. The van der Waals surface area contributed by atoms with Gasteiger partial charge in [-0.2, -0.15) is 11.3 Å². The van der Waals surface area contributed by atoms with Crippen LogP contribution in [0.5, 0.6) is 0 Å². The largest absolute Gasteiger partial charge is 0.314 e. The maximum atomic E-state index is 3.70. The summed E-state index contributed by atoms with van der Waals surface area (Å²) in [6.45, 7) is 3.37. The maximum Gasteiger partial charge on any atom is 0.0108 e. The minimum absolute atomic E-state index is 0.634. The van der Waals surface area contributed by atoms with Crippen LogP contribution in [0.15, 0.2) is 34.3 Å². The Morgan fingerprint density at radius 3 is 2.89 bits per heavy atom. The first-order valence-electron chi connectivity index (χ1n) is 7.15. The van der Waals surface area contributed by atoms with Crippen molar-refractivity contribution in [3.63, 3.8) is 0 Å². The zero-order valence-corrected chi connectivity index (χ0v) is 13.2. The minimum atomic E-state index is 0.634. The fourth-order valence-electron chi connectivity index (χ4n) is 2.30. The molecule has 1 atom stereocenters. The zero-order chi connectivity index (χ0) is 13.3. The second-order valence-electron chi connectivity index (χ2n) is 4.96. The van der Waals surface area contributed by atoms with Gasteiger partial charge in [-0.25, -0.2) is 0 Å². The highest BCUT2D eigenvalue weighted by molar-refractivity contribution is 7.09. The molecule has 0 amide bonds. The van der Waals surface area contributed by atoms with E-state index in [1.54, 1.807) is 11.3 Å². The molecule has 0 aliphatic rings. The van der Waals surface area contributed by atoms with Gasteiger partial charge in [0.25, 0.3) is 0 Å². The molecule has 1 nitrogen and oxygen atoms in total. The van der Waals surface area contributed by atoms with Crippen molar-refractivity contribution in [1.29, 1.82) is 0 Å². The lowest BCUT2D eigenvalue weighted by atomic mass is 10.0. The highest BCUT2D eigenvalue weighted by Gasteiger charge is 2.09. The van der Waals surface area contributed by atoms with Crippen molar-refractivity contribution in [2.45, 2.75) is 45.1 Å². The van der Waals surface area contributed by atoms with E-state index in [9.17, 15) is 0 Å². The summed E-state index contributed by atoms with van der Waals surface area (Å²) in [6.07, 6.45) is 6.17. The van der Waals surface area contributed by atoms with Crippen LogP contribution in [0.1, 0.15) is 36.6 Å². The molecule has 0 saturated carbocycles. The Kier molecular flexibility index (Phi) is 6.62. The van der Waals surface area contributed by atoms with Gasteiger partial charge in [0.15, 0.2) is 0 Å². The zero-order valence-electron chi connectivity index (χ0n) is 11.6. The third kappa shape index (κ3) is 5.47. The molecule has 1 N–H and O–H groups in total. The normalized spacial score (nSPS) is 12.7. The van der Waals surface area contributed by atoms with Crippen LogP contribution in [0.25, 0.3) is 0 Å². The van der Waals surface area contributed by atoms with Gasteiger partial charge in [-0.1, -0.05) is 13.0 Å². The summed E-state index contributed by atoms with van der Waals surface area (Å²) in [5, 5.41) is 10.3. The molecule has 0 fully saturated rings. The van der Waals surface area contributed by atoms with Crippen LogP contribution in [-0.2, 0) is 12.8 Å². The van der Waals surface area contributed by atoms with Crippen LogP contribution >= 0.6 is 22.7 Å². The molecule has 2 aromatic heterocycles. The molecular weight excluding hydrogens is 270 g/mol. The molecule has 19 heavy (non-hydrogen) atoms. The molecule has 0 spiro atoms. The van der Waals surface area contributed by atoms with Crippen LogP contribution in [0.3, 0.4) is 0 Å². The first-order chi connectivity index (χ1) is 9.38. The van der Waals surface area contributed by atoms with Crippen molar-refractivity contribution in [1.82, 2.24) is 5.32 Å². The van der Waals surface area contributed by atoms with Crippen molar-refractivity contribution in [3.05, 3.63) is 44.8 Å². The first kappa shape index (κ1) is 14.8. The predicted octanol–water partition coefficient (Wildman–Crippen LogP) is 4.74. The molecule has 1 unspecified atom stereocenters. The summed E-state index contributed by atoms with van der Waals surface area (Å²) < 4.78 is 0. The van der Waals surface area contributed by atoms with Gasteiger partial charge < -0.3 is 5.32 Å². The number of rotatable bonds is 9. The first-order valence-corrected chi connectivity index (χ1v) is 8.97. The maximum absolute atomic E-state index is 3.70. The summed E-state index contributed by atoms with van der Waals surface area (Å²) in [7, 11) is 0. The van der Waals surface area contributed by atoms with E-state index in [2.05, 4.69) is 46.6 Å². The van der Waals surface area contributed by atoms with E-state index in [0.29, 0.717) is 6.04 Å². The summed E-state index contributed by atoms with van der Waals surface area (Å²) in [6, 6.07) is 7.29. The van der Waals surface area contributed by atoms with Gasteiger partial charge >= 0.3 is 0 Å². The van der Waals surface area contributed by atoms with E-state index in [-0.39, 0.29) is 0 Å². The fraction of sp³-hybridized carbons (Fsp3) is 0.500. The number of hydrogen-bond donors (Lipinski definition) is 1. The lowest BCUT2D eigenvalue weighted by Crippen LogP contribution is -2.31. The van der Waals surface area contributed by atoms with Gasteiger partial charge in [0.05, 0.1) is 0 Å². The molecule has 0 bridgehead atoms. The third-order valence-electron chi connectivity index (χ3n) is 3.30. The Morgan fingerprint density at radius 2 is 2.21 bits per heavy atom. The smallest absolute Gasteiger partial charge is 0.0108 e. The van der Waals surface area contributed by atoms with E-state index in [4.69, 9.17) is 0 Å². The molecule has 3 heteroatoms. The van der Waals surface area contributed by atoms with Crippen LogP contribution in [0.4, 0.5) is 0 Å². The molecule has 2 aromatic rings. The van der Waals surface area contributed by atoms with Crippen LogP contribution < -0.4 is 5.32 Å². The number of aryl methyl sites for hydroxylation is 1. The summed E-state index contributed by atoms with van der Waals surface area (Å²) in [5.41, 5.74) is 1.48. The molecular formula is C16H23NS2. The molecule has 2 heterocycles. The number of thiophene rings is 2. The molecule has 0 radical (unpaired) electrons. The van der Waals surface area contributed by atoms with Crippen LogP contribution in [-0.4, -0.2) is 12.6 Å². The fourth-order valence-corrected chi connectivity index (χ4v) is 3.73. The van der Waals surface area contributed by atoms with Gasteiger partial charge in [-0.3, -0.25) is 0 Å². The molecule has 0 aliphatic heterocycles.